The van der Waals surface area contributed by atoms with Gasteiger partial charge in [0.05, 0.1) is 19.0 Å². The Kier molecular flexibility index (Phi) is 3.69. The summed E-state index contributed by atoms with van der Waals surface area (Å²) in [4.78, 5) is 0. The molecule has 0 saturated heterocycles. The van der Waals surface area contributed by atoms with E-state index in [1.165, 1.54) is 17.5 Å². The maximum Gasteiger partial charge on any atom is 0.260 e. The molecular weight excluding hydrogens is 270 g/mol. The Labute approximate surface area is 110 Å². The van der Waals surface area contributed by atoms with Crippen molar-refractivity contribution < 1.29 is 13.5 Å². The van der Waals surface area contributed by atoms with Crippen LogP contribution in [0, 0.1) is 0 Å². The molecule has 2 rings (SSSR count). The lowest BCUT2D eigenvalue weighted by atomic mass is 10.4. The summed E-state index contributed by atoms with van der Waals surface area (Å²) < 4.78 is 27.4. The van der Waals surface area contributed by atoms with Crippen LogP contribution in [0.3, 0.4) is 0 Å². The molecule has 0 radical (unpaired) electrons. The van der Waals surface area contributed by atoms with Crippen molar-refractivity contribution in [3.63, 3.8) is 0 Å². The van der Waals surface area contributed by atoms with E-state index in [-0.39, 0.29) is 23.7 Å². The van der Waals surface area contributed by atoms with Gasteiger partial charge in [0.1, 0.15) is 0 Å². The van der Waals surface area contributed by atoms with Crippen molar-refractivity contribution in [1.82, 2.24) is 24.3 Å². The number of H-pyrrole nitrogens is 1. The van der Waals surface area contributed by atoms with Crippen LogP contribution in [0.5, 0.6) is 0 Å². The number of nitrogens with one attached hydrogen (secondary N) is 1. The van der Waals surface area contributed by atoms with Crippen molar-refractivity contribution in [3.8, 4) is 0 Å². The normalized spacial score (nSPS) is 12.2. The Morgan fingerprint density at radius 3 is 2.79 bits per heavy atom. The van der Waals surface area contributed by atoms with Gasteiger partial charge < -0.3 is 5.11 Å². The van der Waals surface area contributed by atoms with Crippen LogP contribution in [0.1, 0.15) is 11.1 Å². The number of aliphatic hydroxyl groups excluding tert-OH is 1. The van der Waals surface area contributed by atoms with E-state index in [2.05, 4.69) is 15.3 Å². The lowest BCUT2D eigenvalue weighted by molar-refractivity contribution is 0.278. The van der Waals surface area contributed by atoms with Crippen LogP contribution in [-0.2, 0) is 30.2 Å². The zero-order chi connectivity index (χ0) is 14.0. The van der Waals surface area contributed by atoms with Crippen LogP contribution in [-0.4, -0.2) is 44.9 Å². The van der Waals surface area contributed by atoms with Gasteiger partial charge in [0.25, 0.3) is 10.0 Å². The number of rotatable bonds is 5. The van der Waals surface area contributed by atoms with Gasteiger partial charge in [-0.05, 0) is 0 Å². The van der Waals surface area contributed by atoms with Crippen LogP contribution >= 0.6 is 0 Å². The van der Waals surface area contributed by atoms with Crippen molar-refractivity contribution in [2.24, 2.45) is 7.05 Å². The molecule has 104 valence electrons. The van der Waals surface area contributed by atoms with E-state index in [1.807, 2.05) is 0 Å². The molecule has 0 saturated carbocycles. The summed E-state index contributed by atoms with van der Waals surface area (Å²) in [7, 11) is -0.486. The minimum absolute atomic E-state index is 0.0820. The van der Waals surface area contributed by atoms with E-state index in [9.17, 15) is 8.42 Å². The Morgan fingerprint density at radius 1 is 1.47 bits per heavy atom. The SMILES string of the molecule is CN(Cc1cnn(C)c1)S(=O)(=O)c1[nH]ncc1CO. The third-order valence-corrected chi connectivity index (χ3v) is 4.50. The maximum absolute atomic E-state index is 12.3. The zero-order valence-electron chi connectivity index (χ0n) is 10.6. The van der Waals surface area contributed by atoms with Crippen molar-refractivity contribution >= 4 is 10.0 Å². The van der Waals surface area contributed by atoms with Gasteiger partial charge in [-0.2, -0.15) is 14.5 Å². The van der Waals surface area contributed by atoms with Crippen LogP contribution < -0.4 is 0 Å². The van der Waals surface area contributed by atoms with Crippen LogP contribution in [0.15, 0.2) is 23.6 Å². The number of aryl methyl sites for hydroxylation is 1. The number of hydrogen-bond donors (Lipinski definition) is 2. The number of nitrogens with zero attached hydrogens (tertiary/aromatic N) is 4. The quantitative estimate of drug-likeness (QED) is 0.767. The number of sulfonamides is 1. The van der Waals surface area contributed by atoms with Gasteiger partial charge in [-0.25, -0.2) is 8.42 Å². The van der Waals surface area contributed by atoms with E-state index in [1.54, 1.807) is 24.1 Å². The summed E-state index contributed by atoms with van der Waals surface area (Å²) in [6, 6.07) is 0. The second-order valence-electron chi connectivity index (χ2n) is 4.17. The standard InChI is InChI=1S/C10H15N5O3S/c1-14-5-8(3-12-14)6-15(2)19(17,18)10-9(7-16)4-11-13-10/h3-5,16H,6-7H2,1-2H3,(H,11,13). The van der Waals surface area contributed by atoms with E-state index < -0.39 is 10.0 Å². The van der Waals surface area contributed by atoms with Crippen molar-refractivity contribution in [1.29, 1.82) is 0 Å². The number of hydrogen-bond acceptors (Lipinski definition) is 5. The second kappa shape index (κ2) is 5.11. The Hall–Kier alpha value is -1.71. The fourth-order valence-electron chi connectivity index (χ4n) is 1.69. The summed E-state index contributed by atoms with van der Waals surface area (Å²) in [6.07, 6.45) is 4.64. The smallest absolute Gasteiger partial charge is 0.260 e. The molecule has 8 nitrogen and oxygen atoms in total. The first-order valence-corrected chi connectivity index (χ1v) is 6.96. The molecule has 0 aliphatic heterocycles. The number of aromatic nitrogens is 4. The average molecular weight is 285 g/mol. The predicted octanol–water partition coefficient (Wildman–Crippen LogP) is -0.544. The zero-order valence-corrected chi connectivity index (χ0v) is 11.4. The molecule has 0 bridgehead atoms. The average Bonchev–Trinajstić information content (AvgIpc) is 2.97. The Bertz CT molecular complexity index is 660. The summed E-state index contributed by atoms with van der Waals surface area (Å²) in [5, 5.41) is 19.0. The molecule has 19 heavy (non-hydrogen) atoms. The molecule has 2 heterocycles. The first-order chi connectivity index (χ1) is 8.95. The highest BCUT2D eigenvalue weighted by Crippen LogP contribution is 2.18. The minimum atomic E-state index is -3.71. The van der Waals surface area contributed by atoms with E-state index in [0.29, 0.717) is 0 Å². The minimum Gasteiger partial charge on any atom is -0.392 e. The molecule has 2 aromatic rings. The molecule has 2 N–H and O–H groups in total. The topological polar surface area (TPSA) is 104 Å². The number of aliphatic hydroxyl groups is 1. The highest BCUT2D eigenvalue weighted by atomic mass is 32.2. The first-order valence-electron chi connectivity index (χ1n) is 5.52. The second-order valence-corrected chi connectivity index (χ2v) is 6.15. The molecule has 0 spiro atoms. The van der Waals surface area contributed by atoms with Gasteiger partial charge >= 0.3 is 0 Å². The van der Waals surface area contributed by atoms with Crippen LogP contribution in [0.4, 0.5) is 0 Å². The van der Waals surface area contributed by atoms with Gasteiger partial charge in [0.2, 0.25) is 0 Å². The van der Waals surface area contributed by atoms with E-state index in [4.69, 9.17) is 5.11 Å². The summed E-state index contributed by atoms with van der Waals surface area (Å²) in [6.45, 7) is -0.189. The third-order valence-electron chi connectivity index (χ3n) is 2.68. The Morgan fingerprint density at radius 2 is 2.21 bits per heavy atom. The summed E-state index contributed by atoms with van der Waals surface area (Å²) in [5.41, 5.74) is 1.02. The largest absolute Gasteiger partial charge is 0.392 e. The van der Waals surface area contributed by atoms with Gasteiger partial charge in [0.15, 0.2) is 5.03 Å². The molecule has 0 fully saturated rings. The van der Waals surface area contributed by atoms with E-state index in [0.717, 1.165) is 5.56 Å². The molecular formula is C10H15N5O3S. The monoisotopic (exact) mass is 285 g/mol. The van der Waals surface area contributed by atoms with Crippen molar-refractivity contribution in [3.05, 3.63) is 29.7 Å². The molecule has 2 aromatic heterocycles. The van der Waals surface area contributed by atoms with Crippen LogP contribution in [0.2, 0.25) is 0 Å². The molecule has 0 aliphatic rings. The van der Waals surface area contributed by atoms with Crippen LogP contribution in [0.25, 0.3) is 0 Å². The summed E-state index contributed by atoms with van der Waals surface area (Å²) in [5.74, 6) is 0. The fourth-order valence-corrected chi connectivity index (χ4v) is 2.93. The lowest BCUT2D eigenvalue weighted by Gasteiger charge is -2.15. The van der Waals surface area contributed by atoms with E-state index >= 15 is 0 Å². The molecule has 0 amide bonds. The highest BCUT2D eigenvalue weighted by molar-refractivity contribution is 7.89. The van der Waals surface area contributed by atoms with Crippen molar-refractivity contribution in [2.45, 2.75) is 18.2 Å². The predicted molar refractivity (Wildman–Crippen MR) is 66.4 cm³/mol. The molecule has 0 aromatic carbocycles. The number of aromatic amines is 1. The molecule has 0 unspecified atom stereocenters. The fraction of sp³-hybridized carbons (Fsp3) is 0.400. The van der Waals surface area contributed by atoms with Gasteiger partial charge in [-0.1, -0.05) is 0 Å². The third kappa shape index (κ3) is 2.67. The molecule has 9 heteroatoms. The van der Waals surface area contributed by atoms with Gasteiger partial charge in [0, 0.05) is 38.0 Å². The van der Waals surface area contributed by atoms with Gasteiger partial charge in [-0.15, -0.1) is 0 Å². The molecule has 0 aliphatic carbocycles. The highest BCUT2D eigenvalue weighted by Gasteiger charge is 2.26. The maximum atomic E-state index is 12.3. The Balaban J connectivity index is 2.24. The molecule has 0 atom stereocenters. The lowest BCUT2D eigenvalue weighted by Crippen LogP contribution is -2.27. The summed E-state index contributed by atoms with van der Waals surface area (Å²) >= 11 is 0. The van der Waals surface area contributed by atoms with Crippen molar-refractivity contribution in [2.75, 3.05) is 7.05 Å². The van der Waals surface area contributed by atoms with Gasteiger partial charge in [-0.3, -0.25) is 9.78 Å². The first kappa shape index (κ1) is 13.7.